The zero-order chi connectivity index (χ0) is 29.1. The number of rotatable bonds is 11. The van der Waals surface area contributed by atoms with Crippen LogP contribution in [0.5, 0.6) is 17.2 Å². The fraction of sp³-hybridized carbons (Fsp3) is 0.280. The van der Waals surface area contributed by atoms with Crippen LogP contribution in [0.2, 0.25) is 0 Å². The highest BCUT2D eigenvalue weighted by atomic mass is 19.2. The van der Waals surface area contributed by atoms with Crippen LogP contribution in [0.25, 0.3) is 0 Å². The zero-order valence-corrected chi connectivity index (χ0v) is 20.9. The van der Waals surface area contributed by atoms with Crippen LogP contribution in [0.3, 0.4) is 0 Å². The molecule has 0 aliphatic rings. The van der Waals surface area contributed by atoms with Crippen molar-refractivity contribution in [3.05, 3.63) is 88.3 Å². The Morgan fingerprint density at radius 2 is 0.923 bits per heavy atom. The molecule has 0 unspecified atom stereocenters. The molecule has 0 N–H and O–H groups in total. The SMILES string of the molecule is CC[N+](CC)(CC)Cc1c(OB(Oc2cc(F)c(F)c(F)c2)Oc2cc(F)c(F)c(F)c2)cc(F)c(F)c1F. The van der Waals surface area contributed by atoms with Gasteiger partial charge in [-0.25, -0.2) is 39.5 Å². The van der Waals surface area contributed by atoms with Crippen LogP contribution in [0, 0.1) is 52.4 Å². The smallest absolute Gasteiger partial charge is 0.489 e. The number of quaternary nitrogens is 1. The topological polar surface area (TPSA) is 27.7 Å². The summed E-state index contributed by atoms with van der Waals surface area (Å²) in [7, 11) is -2.31. The van der Waals surface area contributed by atoms with Gasteiger partial charge in [0.15, 0.2) is 52.4 Å². The molecule has 0 aromatic heterocycles. The number of benzene rings is 3. The van der Waals surface area contributed by atoms with Gasteiger partial charge in [-0.1, -0.05) is 0 Å². The Morgan fingerprint density at radius 1 is 0.538 bits per heavy atom. The van der Waals surface area contributed by atoms with E-state index in [1.54, 1.807) is 20.8 Å². The molecule has 4 nitrogen and oxygen atoms in total. The molecule has 0 heterocycles. The molecule has 0 amide bonds. The molecule has 3 rings (SSSR count). The molecular weight excluding hydrogens is 544 g/mol. The molecule has 0 saturated heterocycles. The highest BCUT2D eigenvalue weighted by molar-refractivity contribution is 6.39. The first-order valence-corrected chi connectivity index (χ1v) is 11.6. The van der Waals surface area contributed by atoms with Crippen molar-refractivity contribution in [1.82, 2.24) is 0 Å². The van der Waals surface area contributed by atoms with Gasteiger partial charge in [0.1, 0.15) is 23.8 Å². The first-order chi connectivity index (χ1) is 18.3. The Morgan fingerprint density at radius 3 is 1.31 bits per heavy atom. The summed E-state index contributed by atoms with van der Waals surface area (Å²) in [6, 6.07) is 1.92. The third-order valence-corrected chi connectivity index (χ3v) is 6.33. The maximum Gasteiger partial charge on any atom is 0.864 e. The van der Waals surface area contributed by atoms with Crippen LogP contribution in [0.1, 0.15) is 26.3 Å². The molecule has 39 heavy (non-hydrogen) atoms. The molecule has 0 atom stereocenters. The van der Waals surface area contributed by atoms with Crippen molar-refractivity contribution in [2.45, 2.75) is 27.3 Å². The maximum atomic E-state index is 15.0. The van der Waals surface area contributed by atoms with Crippen molar-refractivity contribution in [3.63, 3.8) is 0 Å². The second-order valence-electron chi connectivity index (χ2n) is 8.46. The molecule has 0 saturated carbocycles. The lowest BCUT2D eigenvalue weighted by molar-refractivity contribution is -0.936. The number of halogens is 9. The van der Waals surface area contributed by atoms with E-state index in [1.807, 2.05) is 0 Å². The van der Waals surface area contributed by atoms with Gasteiger partial charge in [0.25, 0.3) is 0 Å². The number of hydrogen-bond acceptors (Lipinski definition) is 3. The quantitative estimate of drug-likeness (QED) is 0.110. The van der Waals surface area contributed by atoms with E-state index in [2.05, 4.69) is 0 Å². The minimum atomic E-state index is -2.31. The van der Waals surface area contributed by atoms with E-state index in [9.17, 15) is 39.5 Å². The average Bonchev–Trinajstić information content (AvgIpc) is 2.89. The zero-order valence-electron chi connectivity index (χ0n) is 20.9. The Balaban J connectivity index is 2.10. The van der Waals surface area contributed by atoms with Crippen molar-refractivity contribution in [2.24, 2.45) is 0 Å². The van der Waals surface area contributed by atoms with Crippen molar-refractivity contribution < 1.29 is 58.0 Å². The summed E-state index contributed by atoms with van der Waals surface area (Å²) in [5.41, 5.74) is -0.468. The second-order valence-corrected chi connectivity index (χ2v) is 8.46. The predicted octanol–water partition coefficient (Wildman–Crippen LogP) is 6.84. The Bertz CT molecular complexity index is 1240. The van der Waals surface area contributed by atoms with Crippen molar-refractivity contribution in [1.29, 1.82) is 0 Å². The molecule has 14 heteroatoms. The minimum Gasteiger partial charge on any atom is -0.489 e. The lowest BCUT2D eigenvalue weighted by Gasteiger charge is -2.36. The van der Waals surface area contributed by atoms with Gasteiger partial charge in [-0.3, -0.25) is 0 Å². The minimum absolute atomic E-state index is 0.188. The standard InChI is InChI=1S/C25H22BF9NO3/c1-4-36(5-2,6-3)12-15-21(11-20(31)25(35)22(15)32)39-26(37-13-7-16(27)23(33)17(28)8-13)38-14-9-18(29)24(34)19(30)10-14/h7-11H,4-6,12H2,1-3H3/q+1. The number of hydrogen-bond donors (Lipinski definition) is 0. The highest BCUT2D eigenvalue weighted by Crippen LogP contribution is 2.32. The van der Waals surface area contributed by atoms with Gasteiger partial charge in [0, 0.05) is 30.3 Å². The Hall–Kier alpha value is -3.55. The molecule has 0 spiro atoms. The van der Waals surface area contributed by atoms with Crippen LogP contribution < -0.4 is 14.0 Å². The van der Waals surface area contributed by atoms with Crippen LogP contribution in [0.15, 0.2) is 30.3 Å². The van der Waals surface area contributed by atoms with Crippen LogP contribution in [-0.2, 0) is 6.54 Å². The van der Waals surface area contributed by atoms with Crippen LogP contribution in [0.4, 0.5) is 39.5 Å². The summed E-state index contributed by atoms with van der Waals surface area (Å²) < 4.78 is 141. The molecule has 3 aromatic rings. The fourth-order valence-electron chi connectivity index (χ4n) is 3.80. The van der Waals surface area contributed by atoms with Gasteiger partial charge in [-0.05, 0) is 20.8 Å². The summed E-state index contributed by atoms with van der Waals surface area (Å²) in [6.45, 7) is 6.49. The lowest BCUT2D eigenvalue weighted by atomic mass is 10.1. The fourth-order valence-corrected chi connectivity index (χ4v) is 3.80. The molecule has 0 aliphatic carbocycles. The molecule has 210 valence electrons. The van der Waals surface area contributed by atoms with Gasteiger partial charge < -0.3 is 18.4 Å². The van der Waals surface area contributed by atoms with Crippen molar-refractivity contribution >= 4 is 7.32 Å². The summed E-state index contributed by atoms with van der Waals surface area (Å²) in [6.07, 6.45) is 0. The third kappa shape index (κ3) is 6.55. The molecule has 0 radical (unpaired) electrons. The summed E-state index contributed by atoms with van der Waals surface area (Å²) in [5.74, 6) is -17.8. The predicted molar refractivity (Wildman–Crippen MR) is 122 cm³/mol. The van der Waals surface area contributed by atoms with Gasteiger partial charge in [0.2, 0.25) is 0 Å². The van der Waals surface area contributed by atoms with Crippen molar-refractivity contribution in [2.75, 3.05) is 19.6 Å². The summed E-state index contributed by atoms with van der Waals surface area (Å²) in [4.78, 5) is 0. The monoisotopic (exact) mass is 566 g/mol. The van der Waals surface area contributed by atoms with Crippen molar-refractivity contribution in [3.8, 4) is 17.2 Å². The van der Waals surface area contributed by atoms with E-state index in [0.29, 0.717) is 50.0 Å². The van der Waals surface area contributed by atoms with Crippen LogP contribution >= 0.6 is 0 Å². The summed E-state index contributed by atoms with van der Waals surface area (Å²) in [5, 5.41) is 0. The molecule has 3 aromatic carbocycles. The second kappa shape index (κ2) is 12.1. The molecule has 0 aliphatic heterocycles. The van der Waals surface area contributed by atoms with E-state index in [4.69, 9.17) is 14.0 Å². The van der Waals surface area contributed by atoms with Gasteiger partial charge in [-0.15, -0.1) is 0 Å². The lowest BCUT2D eigenvalue weighted by Crippen LogP contribution is -2.47. The summed E-state index contributed by atoms with van der Waals surface area (Å²) >= 11 is 0. The molecular formula is C25H22BF9NO3+. The van der Waals surface area contributed by atoms with E-state index in [1.165, 1.54) is 0 Å². The average molecular weight is 566 g/mol. The maximum absolute atomic E-state index is 15.0. The molecule has 0 fully saturated rings. The number of nitrogens with zero attached hydrogens (tertiary/aromatic N) is 1. The third-order valence-electron chi connectivity index (χ3n) is 6.33. The van der Waals surface area contributed by atoms with E-state index in [0.717, 1.165) is 0 Å². The van der Waals surface area contributed by atoms with Crippen LogP contribution in [-0.4, -0.2) is 31.4 Å². The Labute approximate surface area is 218 Å². The highest BCUT2D eigenvalue weighted by Gasteiger charge is 2.36. The van der Waals surface area contributed by atoms with E-state index >= 15 is 0 Å². The largest absolute Gasteiger partial charge is 0.864 e. The first-order valence-electron chi connectivity index (χ1n) is 11.6. The van der Waals surface area contributed by atoms with Gasteiger partial charge in [-0.2, -0.15) is 0 Å². The van der Waals surface area contributed by atoms with E-state index < -0.39 is 82.5 Å². The van der Waals surface area contributed by atoms with Gasteiger partial charge >= 0.3 is 7.32 Å². The van der Waals surface area contributed by atoms with Gasteiger partial charge in [0.05, 0.1) is 25.2 Å². The normalized spacial score (nSPS) is 11.5. The van der Waals surface area contributed by atoms with E-state index in [-0.39, 0.29) is 11.0 Å². The first kappa shape index (κ1) is 30.0. The Kier molecular flexibility index (Phi) is 9.31. The molecule has 0 bridgehead atoms.